The summed E-state index contributed by atoms with van der Waals surface area (Å²) >= 11 is 0. The van der Waals surface area contributed by atoms with E-state index in [1.165, 1.54) is 0 Å². The number of carboxylic acid groups (broad SMARTS) is 1. The fourth-order valence-corrected chi connectivity index (χ4v) is 4.43. The zero-order valence-corrected chi connectivity index (χ0v) is 16.7. The Morgan fingerprint density at radius 3 is 2.80 bits per heavy atom. The summed E-state index contributed by atoms with van der Waals surface area (Å²) in [6.07, 6.45) is 3.42. The predicted octanol–water partition coefficient (Wildman–Crippen LogP) is 4.32. The van der Waals surface area contributed by atoms with Gasteiger partial charge in [-0.2, -0.15) is 0 Å². The first-order chi connectivity index (χ1) is 14.6. The van der Waals surface area contributed by atoms with Crippen LogP contribution in [0.3, 0.4) is 0 Å². The summed E-state index contributed by atoms with van der Waals surface area (Å²) in [7, 11) is 1.61. The Bertz CT molecular complexity index is 1170. The van der Waals surface area contributed by atoms with Gasteiger partial charge in [-0.1, -0.05) is 12.1 Å². The van der Waals surface area contributed by atoms with E-state index < -0.39 is 12.0 Å². The highest BCUT2D eigenvalue weighted by Gasteiger charge is 2.34. The molecule has 4 aromatic rings. The molecule has 7 heteroatoms. The molecule has 3 heterocycles. The smallest absolute Gasteiger partial charge is 0.325 e. The second kappa shape index (κ2) is 7.50. The second-order valence-electron chi connectivity index (χ2n) is 7.73. The molecule has 0 amide bonds. The fraction of sp³-hybridized carbons (Fsp3) is 0.304. The summed E-state index contributed by atoms with van der Waals surface area (Å²) in [5.74, 6) is 0.812. The van der Waals surface area contributed by atoms with Gasteiger partial charge >= 0.3 is 5.97 Å². The number of fused-ring (bicyclic) bond motifs is 2. The lowest BCUT2D eigenvalue weighted by molar-refractivity contribution is -0.144. The van der Waals surface area contributed by atoms with Gasteiger partial charge in [-0.3, -0.25) is 9.69 Å². The lowest BCUT2D eigenvalue weighted by Gasteiger charge is -2.34. The number of rotatable bonds is 5. The van der Waals surface area contributed by atoms with Gasteiger partial charge < -0.3 is 19.2 Å². The highest BCUT2D eigenvalue weighted by Crippen LogP contribution is 2.36. The van der Waals surface area contributed by atoms with Gasteiger partial charge in [0.1, 0.15) is 17.3 Å². The van der Waals surface area contributed by atoms with Crippen LogP contribution in [0.1, 0.15) is 36.3 Å². The molecule has 1 aliphatic rings. The average Bonchev–Trinajstić information content (AvgIpc) is 3.38. The number of para-hydroxylation sites is 2. The van der Waals surface area contributed by atoms with Crippen molar-refractivity contribution in [1.29, 1.82) is 0 Å². The van der Waals surface area contributed by atoms with E-state index >= 15 is 0 Å². The summed E-state index contributed by atoms with van der Waals surface area (Å²) in [5.41, 5.74) is 3.33. The van der Waals surface area contributed by atoms with Crippen molar-refractivity contribution in [2.24, 2.45) is 0 Å². The highest BCUT2D eigenvalue weighted by molar-refractivity contribution is 5.90. The lowest BCUT2D eigenvalue weighted by atomic mass is 9.94. The van der Waals surface area contributed by atoms with Gasteiger partial charge in [0.15, 0.2) is 11.5 Å². The second-order valence-corrected chi connectivity index (χ2v) is 7.73. The highest BCUT2D eigenvalue weighted by atomic mass is 16.5. The number of carbonyl (C=O) groups is 1. The number of aromatic amines is 1. The molecule has 7 nitrogen and oxygen atoms in total. The number of carboxylic acids is 1. The van der Waals surface area contributed by atoms with Gasteiger partial charge in [-0.15, -0.1) is 0 Å². The molecule has 1 aliphatic heterocycles. The third-order valence-corrected chi connectivity index (χ3v) is 6.00. The predicted molar refractivity (Wildman–Crippen MR) is 113 cm³/mol. The van der Waals surface area contributed by atoms with E-state index in [0.29, 0.717) is 18.8 Å². The molecule has 1 atom stereocenters. The Labute approximate surface area is 173 Å². The third-order valence-electron chi connectivity index (χ3n) is 6.00. The molecule has 1 saturated heterocycles. The van der Waals surface area contributed by atoms with Crippen LogP contribution in [0.2, 0.25) is 0 Å². The van der Waals surface area contributed by atoms with Crippen LogP contribution in [-0.4, -0.2) is 46.1 Å². The summed E-state index contributed by atoms with van der Waals surface area (Å²) < 4.78 is 11.3. The van der Waals surface area contributed by atoms with E-state index in [1.54, 1.807) is 13.3 Å². The minimum absolute atomic E-state index is 0.200. The van der Waals surface area contributed by atoms with Crippen LogP contribution in [0.4, 0.5) is 0 Å². The van der Waals surface area contributed by atoms with Crippen molar-refractivity contribution >= 4 is 28.0 Å². The van der Waals surface area contributed by atoms with Crippen molar-refractivity contribution in [2.75, 3.05) is 20.2 Å². The Balaban J connectivity index is 1.38. The molecule has 5 rings (SSSR count). The molecule has 1 fully saturated rings. The zero-order valence-electron chi connectivity index (χ0n) is 16.7. The number of H-pyrrole nitrogens is 1. The molecule has 2 aromatic carbocycles. The Hall–Kier alpha value is -3.32. The molecule has 0 radical (unpaired) electrons. The topological polar surface area (TPSA) is 91.6 Å². The average molecular weight is 405 g/mol. The van der Waals surface area contributed by atoms with Crippen LogP contribution in [0.25, 0.3) is 22.0 Å². The summed E-state index contributed by atoms with van der Waals surface area (Å²) in [5, 5.41) is 10.9. The normalized spacial score (nSPS) is 16.8. The number of ether oxygens (including phenoxy) is 1. The van der Waals surface area contributed by atoms with Gasteiger partial charge in [-0.25, -0.2) is 4.98 Å². The SMILES string of the molecule is COc1ccc2[nH]cc(C(C(=O)O)N3CCC(c4nc5ccccc5o4)CC3)c2c1. The largest absolute Gasteiger partial charge is 0.497 e. The van der Waals surface area contributed by atoms with E-state index in [-0.39, 0.29) is 5.92 Å². The number of likely N-dealkylation sites (tertiary alicyclic amines) is 1. The molecule has 2 aromatic heterocycles. The van der Waals surface area contributed by atoms with E-state index in [2.05, 4.69) is 9.97 Å². The van der Waals surface area contributed by atoms with Crippen LogP contribution in [-0.2, 0) is 4.79 Å². The quantitative estimate of drug-likeness (QED) is 0.514. The summed E-state index contributed by atoms with van der Waals surface area (Å²) in [6, 6.07) is 12.7. The number of hydrogen-bond donors (Lipinski definition) is 2. The zero-order chi connectivity index (χ0) is 20.7. The molecule has 2 N–H and O–H groups in total. The van der Waals surface area contributed by atoms with E-state index in [1.807, 2.05) is 47.4 Å². The van der Waals surface area contributed by atoms with E-state index in [0.717, 1.165) is 46.3 Å². The van der Waals surface area contributed by atoms with Gasteiger partial charge in [0, 0.05) is 41.7 Å². The molecule has 0 bridgehead atoms. The van der Waals surface area contributed by atoms with Crippen molar-refractivity contribution in [1.82, 2.24) is 14.9 Å². The fourth-order valence-electron chi connectivity index (χ4n) is 4.43. The van der Waals surface area contributed by atoms with Gasteiger partial charge in [-0.05, 0) is 43.2 Å². The monoisotopic (exact) mass is 405 g/mol. The summed E-state index contributed by atoms with van der Waals surface area (Å²) in [6.45, 7) is 1.33. The number of benzene rings is 2. The van der Waals surface area contributed by atoms with Crippen LogP contribution >= 0.6 is 0 Å². The number of methoxy groups -OCH3 is 1. The van der Waals surface area contributed by atoms with Crippen LogP contribution < -0.4 is 4.74 Å². The first-order valence-corrected chi connectivity index (χ1v) is 10.1. The molecule has 30 heavy (non-hydrogen) atoms. The maximum absolute atomic E-state index is 12.2. The first kappa shape index (κ1) is 18.7. The van der Waals surface area contributed by atoms with Crippen molar-refractivity contribution in [2.45, 2.75) is 24.8 Å². The number of nitrogens with zero attached hydrogens (tertiary/aromatic N) is 2. The summed E-state index contributed by atoms with van der Waals surface area (Å²) in [4.78, 5) is 22.1. The number of aliphatic carboxylic acids is 1. The third kappa shape index (κ3) is 3.21. The maximum atomic E-state index is 12.2. The molecule has 0 aliphatic carbocycles. The van der Waals surface area contributed by atoms with Crippen LogP contribution in [0.15, 0.2) is 53.1 Å². The Morgan fingerprint density at radius 2 is 2.07 bits per heavy atom. The minimum atomic E-state index is -0.848. The van der Waals surface area contributed by atoms with Crippen LogP contribution in [0.5, 0.6) is 5.75 Å². The van der Waals surface area contributed by atoms with E-state index in [9.17, 15) is 9.90 Å². The molecule has 0 spiro atoms. The molecule has 0 saturated carbocycles. The number of aromatic nitrogens is 2. The van der Waals surface area contributed by atoms with Crippen molar-refractivity contribution in [3.05, 3.63) is 60.1 Å². The van der Waals surface area contributed by atoms with Gasteiger partial charge in [0.2, 0.25) is 0 Å². The number of nitrogens with one attached hydrogen (secondary N) is 1. The Kier molecular flexibility index (Phi) is 4.67. The van der Waals surface area contributed by atoms with Gasteiger partial charge in [0.05, 0.1) is 7.11 Å². The molecular weight excluding hydrogens is 382 g/mol. The van der Waals surface area contributed by atoms with Crippen molar-refractivity contribution in [3.8, 4) is 5.75 Å². The maximum Gasteiger partial charge on any atom is 0.325 e. The van der Waals surface area contributed by atoms with Crippen LogP contribution in [0, 0.1) is 0 Å². The van der Waals surface area contributed by atoms with Crippen molar-refractivity contribution in [3.63, 3.8) is 0 Å². The molecule has 1 unspecified atom stereocenters. The standard InChI is InChI=1S/C23H23N3O4/c1-29-15-6-7-18-16(12-15)17(13-24-18)21(23(27)28)26-10-8-14(9-11-26)22-25-19-4-2-3-5-20(19)30-22/h2-7,12-14,21,24H,8-11H2,1H3,(H,27,28). The minimum Gasteiger partial charge on any atom is -0.497 e. The van der Waals surface area contributed by atoms with Gasteiger partial charge in [0.25, 0.3) is 0 Å². The molecule has 154 valence electrons. The first-order valence-electron chi connectivity index (χ1n) is 10.1. The Morgan fingerprint density at radius 1 is 1.27 bits per heavy atom. The van der Waals surface area contributed by atoms with Crippen molar-refractivity contribution < 1.29 is 19.1 Å². The number of hydrogen-bond acceptors (Lipinski definition) is 5. The number of piperidine rings is 1. The lowest BCUT2D eigenvalue weighted by Crippen LogP contribution is -2.39. The van der Waals surface area contributed by atoms with E-state index in [4.69, 9.17) is 9.15 Å². The number of oxazole rings is 1. The molecular formula is C23H23N3O4.